The fourth-order valence-corrected chi connectivity index (χ4v) is 3.53. The van der Waals surface area contributed by atoms with E-state index in [1.807, 2.05) is 10.3 Å². The zero-order valence-electron chi connectivity index (χ0n) is 15.0. The van der Waals surface area contributed by atoms with Crippen LogP contribution in [0, 0.1) is 6.92 Å². The number of nitrogens with zero attached hydrogens (tertiary/aromatic N) is 4. The first kappa shape index (κ1) is 18.5. The Bertz CT molecular complexity index is 746. The van der Waals surface area contributed by atoms with Gasteiger partial charge in [0.25, 0.3) is 0 Å². The van der Waals surface area contributed by atoms with E-state index in [0.717, 1.165) is 19.5 Å². The molecule has 9 heteroatoms. The number of aromatic nitrogens is 3. The molecule has 0 atom stereocenters. The Morgan fingerprint density at radius 2 is 2.15 bits per heavy atom. The van der Waals surface area contributed by atoms with E-state index >= 15 is 0 Å². The van der Waals surface area contributed by atoms with Crippen molar-refractivity contribution in [1.82, 2.24) is 20.3 Å². The largest absolute Gasteiger partial charge is 0.467 e. The van der Waals surface area contributed by atoms with Crippen molar-refractivity contribution in [2.45, 2.75) is 26.3 Å². The first-order valence-electron chi connectivity index (χ1n) is 8.57. The Hall–Kier alpha value is -2.26. The van der Waals surface area contributed by atoms with Crippen molar-refractivity contribution >= 4 is 23.2 Å². The van der Waals surface area contributed by atoms with E-state index in [4.69, 9.17) is 9.47 Å². The molecule has 1 amide bonds. The quantitative estimate of drug-likeness (QED) is 0.779. The molecule has 1 fully saturated rings. The molecular formula is C17H23N5O3S. The van der Waals surface area contributed by atoms with Crippen LogP contribution in [0.4, 0.5) is 5.95 Å². The van der Waals surface area contributed by atoms with E-state index in [1.165, 1.54) is 17.6 Å². The molecule has 1 aliphatic heterocycles. The zero-order chi connectivity index (χ0) is 18.4. The summed E-state index contributed by atoms with van der Waals surface area (Å²) in [6.45, 7) is 5.04. The Kier molecular flexibility index (Phi) is 6.35. The Morgan fingerprint density at radius 3 is 2.85 bits per heavy atom. The smallest absolute Gasteiger partial charge is 0.321 e. The third kappa shape index (κ3) is 4.89. The molecule has 26 heavy (non-hydrogen) atoms. The predicted molar refractivity (Wildman–Crippen MR) is 98.6 cm³/mol. The second-order valence-electron chi connectivity index (χ2n) is 5.94. The van der Waals surface area contributed by atoms with E-state index < -0.39 is 0 Å². The van der Waals surface area contributed by atoms with E-state index in [2.05, 4.69) is 33.3 Å². The number of carbonyl (C=O) groups is 1. The number of amides is 1. The minimum Gasteiger partial charge on any atom is -0.467 e. The predicted octanol–water partition coefficient (Wildman–Crippen LogP) is 1.34. The van der Waals surface area contributed by atoms with E-state index in [1.54, 1.807) is 11.3 Å². The van der Waals surface area contributed by atoms with Crippen LogP contribution >= 0.6 is 11.3 Å². The van der Waals surface area contributed by atoms with Gasteiger partial charge >= 0.3 is 6.01 Å². The molecule has 1 saturated heterocycles. The number of anilines is 1. The molecule has 1 aliphatic rings. The van der Waals surface area contributed by atoms with Gasteiger partial charge in [0.1, 0.15) is 0 Å². The van der Waals surface area contributed by atoms with Crippen molar-refractivity contribution in [3.63, 3.8) is 0 Å². The molecule has 0 saturated carbocycles. The maximum Gasteiger partial charge on any atom is 0.321 e. The standard InChI is InChI=1S/C17H23N5O3S/c1-12-5-10-26-13(12)3-4-15(23)18-11-14-19-16(21-17(20-14)24-2)22-6-8-25-9-7-22/h5,10H,3-4,6-9,11H2,1-2H3,(H,18,23). The zero-order valence-corrected chi connectivity index (χ0v) is 15.8. The third-order valence-corrected chi connectivity index (χ3v) is 5.20. The number of methoxy groups -OCH3 is 1. The van der Waals surface area contributed by atoms with Gasteiger partial charge in [-0.2, -0.15) is 15.0 Å². The van der Waals surface area contributed by atoms with Gasteiger partial charge < -0.3 is 19.7 Å². The minimum atomic E-state index is -0.0231. The number of nitrogens with one attached hydrogen (secondary N) is 1. The van der Waals surface area contributed by atoms with Gasteiger partial charge in [0, 0.05) is 24.4 Å². The number of hydrogen-bond acceptors (Lipinski definition) is 8. The van der Waals surface area contributed by atoms with Crippen LogP contribution in [0.2, 0.25) is 0 Å². The lowest BCUT2D eigenvalue weighted by Gasteiger charge is -2.26. The molecule has 0 spiro atoms. The molecule has 0 aromatic carbocycles. The van der Waals surface area contributed by atoms with Crippen LogP contribution < -0.4 is 15.0 Å². The van der Waals surface area contributed by atoms with Crippen LogP contribution in [-0.4, -0.2) is 54.3 Å². The normalized spacial score (nSPS) is 14.3. The van der Waals surface area contributed by atoms with Gasteiger partial charge in [-0.1, -0.05) is 0 Å². The fraction of sp³-hybridized carbons (Fsp3) is 0.529. The molecule has 8 nitrogen and oxygen atoms in total. The van der Waals surface area contributed by atoms with Gasteiger partial charge in [-0.05, 0) is 30.4 Å². The van der Waals surface area contributed by atoms with E-state index in [9.17, 15) is 4.79 Å². The summed E-state index contributed by atoms with van der Waals surface area (Å²) in [5, 5.41) is 4.92. The molecule has 3 heterocycles. The number of carbonyl (C=O) groups excluding carboxylic acids is 1. The Morgan fingerprint density at radius 1 is 1.35 bits per heavy atom. The van der Waals surface area contributed by atoms with Crippen LogP contribution in [0.3, 0.4) is 0 Å². The Balaban J connectivity index is 1.57. The summed E-state index contributed by atoms with van der Waals surface area (Å²) in [4.78, 5) is 28.4. The first-order chi connectivity index (χ1) is 12.7. The molecule has 0 unspecified atom stereocenters. The van der Waals surface area contributed by atoms with Crippen molar-refractivity contribution in [1.29, 1.82) is 0 Å². The number of hydrogen-bond donors (Lipinski definition) is 1. The molecule has 3 rings (SSSR count). The summed E-state index contributed by atoms with van der Waals surface area (Å²) in [6, 6.07) is 2.32. The summed E-state index contributed by atoms with van der Waals surface area (Å²) in [7, 11) is 1.52. The van der Waals surface area contributed by atoms with Gasteiger partial charge in [-0.25, -0.2) is 0 Å². The van der Waals surface area contributed by atoms with Crippen LogP contribution in [0.1, 0.15) is 22.7 Å². The molecule has 2 aromatic heterocycles. The van der Waals surface area contributed by atoms with Gasteiger partial charge in [-0.15, -0.1) is 11.3 Å². The lowest BCUT2D eigenvalue weighted by Crippen LogP contribution is -2.37. The molecular weight excluding hydrogens is 354 g/mol. The highest BCUT2D eigenvalue weighted by molar-refractivity contribution is 7.10. The van der Waals surface area contributed by atoms with Crippen LogP contribution in [0.25, 0.3) is 0 Å². The first-order valence-corrected chi connectivity index (χ1v) is 9.45. The van der Waals surface area contributed by atoms with E-state index in [-0.39, 0.29) is 18.5 Å². The number of thiophene rings is 1. The summed E-state index contributed by atoms with van der Waals surface area (Å²) in [5.41, 5.74) is 1.24. The number of morpholine rings is 1. The molecule has 0 aliphatic carbocycles. The Labute approximate surface area is 156 Å². The highest BCUT2D eigenvalue weighted by Gasteiger charge is 2.17. The lowest BCUT2D eigenvalue weighted by atomic mass is 10.2. The topological polar surface area (TPSA) is 89.5 Å². The fourth-order valence-electron chi connectivity index (χ4n) is 2.61. The number of ether oxygens (including phenoxy) is 2. The lowest BCUT2D eigenvalue weighted by molar-refractivity contribution is -0.121. The van der Waals surface area contributed by atoms with Gasteiger partial charge in [0.05, 0.1) is 26.9 Å². The van der Waals surface area contributed by atoms with Crippen molar-refractivity contribution in [2.75, 3.05) is 38.3 Å². The third-order valence-electron chi connectivity index (χ3n) is 4.12. The van der Waals surface area contributed by atoms with Gasteiger partial charge in [0.2, 0.25) is 11.9 Å². The van der Waals surface area contributed by atoms with Crippen molar-refractivity contribution in [3.8, 4) is 6.01 Å². The second kappa shape index (κ2) is 8.91. The summed E-state index contributed by atoms with van der Waals surface area (Å²) in [6.07, 6.45) is 1.19. The van der Waals surface area contributed by atoms with Gasteiger partial charge in [-0.3, -0.25) is 4.79 Å². The van der Waals surface area contributed by atoms with Crippen molar-refractivity contribution in [2.24, 2.45) is 0 Å². The molecule has 2 aromatic rings. The van der Waals surface area contributed by atoms with Crippen LogP contribution in [0.15, 0.2) is 11.4 Å². The summed E-state index contributed by atoms with van der Waals surface area (Å²) in [5.74, 6) is 1.02. The molecule has 1 N–H and O–H groups in total. The van der Waals surface area contributed by atoms with Crippen LogP contribution in [-0.2, 0) is 22.5 Å². The minimum absolute atomic E-state index is 0.0231. The maximum atomic E-state index is 12.1. The molecule has 0 radical (unpaired) electrons. The SMILES string of the molecule is COc1nc(CNC(=O)CCc2sccc2C)nc(N2CCOCC2)n1. The highest BCUT2D eigenvalue weighted by Crippen LogP contribution is 2.17. The van der Waals surface area contributed by atoms with Crippen molar-refractivity contribution < 1.29 is 14.3 Å². The molecule has 140 valence electrons. The maximum absolute atomic E-state index is 12.1. The second-order valence-corrected chi connectivity index (χ2v) is 6.94. The molecule has 0 bridgehead atoms. The monoisotopic (exact) mass is 377 g/mol. The summed E-state index contributed by atoms with van der Waals surface area (Å²) < 4.78 is 10.5. The summed E-state index contributed by atoms with van der Waals surface area (Å²) >= 11 is 1.68. The highest BCUT2D eigenvalue weighted by atomic mass is 32.1. The van der Waals surface area contributed by atoms with Gasteiger partial charge in [0.15, 0.2) is 5.82 Å². The average Bonchev–Trinajstić information content (AvgIpc) is 3.10. The van der Waals surface area contributed by atoms with E-state index in [0.29, 0.717) is 31.4 Å². The average molecular weight is 377 g/mol. The van der Waals surface area contributed by atoms with Crippen LogP contribution in [0.5, 0.6) is 6.01 Å². The number of aryl methyl sites for hydroxylation is 2. The number of rotatable bonds is 7. The van der Waals surface area contributed by atoms with Crippen molar-refractivity contribution in [3.05, 3.63) is 27.7 Å².